The van der Waals surface area contributed by atoms with Gasteiger partial charge in [0.15, 0.2) is 5.78 Å². The summed E-state index contributed by atoms with van der Waals surface area (Å²) >= 11 is 0. The summed E-state index contributed by atoms with van der Waals surface area (Å²) in [4.78, 5) is 10.4. The largest absolute Gasteiger partial charge is 0.293 e. The van der Waals surface area contributed by atoms with Gasteiger partial charge in [0.1, 0.15) is 5.70 Å². The molecule has 0 saturated heterocycles. The summed E-state index contributed by atoms with van der Waals surface area (Å²) in [6, 6.07) is 0. The fraction of sp³-hybridized carbons (Fsp3) is 0.400. The SMILES string of the molecule is CC(=O)C1=CCN=N1. The topological polar surface area (TPSA) is 41.8 Å². The van der Waals surface area contributed by atoms with E-state index < -0.39 is 0 Å². The number of carbonyl (C=O) groups is 1. The molecule has 0 unspecified atom stereocenters. The molecule has 0 spiro atoms. The fourth-order valence-electron chi connectivity index (χ4n) is 0.499. The normalized spacial score (nSPS) is 16.4. The van der Waals surface area contributed by atoms with Gasteiger partial charge < -0.3 is 0 Å². The predicted molar refractivity (Wildman–Crippen MR) is 28.5 cm³/mol. The van der Waals surface area contributed by atoms with Gasteiger partial charge in [-0.1, -0.05) is 0 Å². The van der Waals surface area contributed by atoms with Crippen molar-refractivity contribution in [2.45, 2.75) is 6.92 Å². The fourth-order valence-corrected chi connectivity index (χ4v) is 0.499. The minimum Gasteiger partial charge on any atom is -0.293 e. The van der Waals surface area contributed by atoms with Crippen molar-refractivity contribution in [3.8, 4) is 0 Å². The highest BCUT2D eigenvalue weighted by Crippen LogP contribution is 2.04. The molecule has 1 aliphatic heterocycles. The van der Waals surface area contributed by atoms with Gasteiger partial charge in [-0.2, -0.15) is 10.2 Å². The second-order valence-corrected chi connectivity index (χ2v) is 1.57. The van der Waals surface area contributed by atoms with Crippen molar-refractivity contribution in [3.05, 3.63) is 11.8 Å². The van der Waals surface area contributed by atoms with Crippen LogP contribution >= 0.6 is 0 Å². The van der Waals surface area contributed by atoms with Crippen LogP contribution in [0, 0.1) is 0 Å². The summed E-state index contributed by atoms with van der Waals surface area (Å²) in [7, 11) is 0. The van der Waals surface area contributed by atoms with Crippen LogP contribution in [0.1, 0.15) is 6.92 Å². The van der Waals surface area contributed by atoms with Crippen molar-refractivity contribution in [2.24, 2.45) is 10.2 Å². The van der Waals surface area contributed by atoms with E-state index in [0.29, 0.717) is 12.2 Å². The van der Waals surface area contributed by atoms with Gasteiger partial charge in [-0.3, -0.25) is 4.79 Å². The minimum atomic E-state index is -0.00810. The summed E-state index contributed by atoms with van der Waals surface area (Å²) in [5.74, 6) is -0.00810. The van der Waals surface area contributed by atoms with E-state index in [-0.39, 0.29) is 5.78 Å². The van der Waals surface area contributed by atoms with Gasteiger partial charge in [-0.05, 0) is 6.08 Å². The molecular weight excluding hydrogens is 104 g/mol. The zero-order valence-electron chi connectivity index (χ0n) is 4.59. The molecule has 0 aromatic rings. The maximum absolute atomic E-state index is 10.4. The van der Waals surface area contributed by atoms with Crippen molar-refractivity contribution in [2.75, 3.05) is 6.54 Å². The van der Waals surface area contributed by atoms with E-state index in [9.17, 15) is 4.79 Å². The van der Waals surface area contributed by atoms with Gasteiger partial charge in [0.2, 0.25) is 0 Å². The Morgan fingerprint density at radius 3 is 2.88 bits per heavy atom. The van der Waals surface area contributed by atoms with Crippen molar-refractivity contribution < 1.29 is 4.79 Å². The quantitative estimate of drug-likeness (QED) is 0.495. The maximum atomic E-state index is 10.4. The van der Waals surface area contributed by atoms with Gasteiger partial charge >= 0.3 is 0 Å². The first-order valence-electron chi connectivity index (χ1n) is 2.39. The van der Waals surface area contributed by atoms with Crippen LogP contribution in [0.15, 0.2) is 22.0 Å². The summed E-state index contributed by atoms with van der Waals surface area (Å²) in [6.45, 7) is 2.05. The average molecular weight is 110 g/mol. The molecule has 0 radical (unpaired) electrons. The van der Waals surface area contributed by atoms with Crippen molar-refractivity contribution in [3.63, 3.8) is 0 Å². The third-order valence-corrected chi connectivity index (χ3v) is 0.905. The van der Waals surface area contributed by atoms with Crippen LogP contribution in [0.3, 0.4) is 0 Å². The molecule has 0 aromatic heterocycles. The minimum absolute atomic E-state index is 0.00810. The Morgan fingerprint density at radius 1 is 1.88 bits per heavy atom. The molecule has 1 aliphatic rings. The van der Waals surface area contributed by atoms with Crippen molar-refractivity contribution >= 4 is 5.78 Å². The lowest BCUT2D eigenvalue weighted by Gasteiger charge is -1.81. The van der Waals surface area contributed by atoms with E-state index in [1.165, 1.54) is 6.92 Å². The molecule has 3 heteroatoms. The second kappa shape index (κ2) is 1.86. The number of ketones is 1. The van der Waals surface area contributed by atoms with E-state index in [2.05, 4.69) is 10.2 Å². The number of hydrogen-bond donors (Lipinski definition) is 0. The Morgan fingerprint density at radius 2 is 2.62 bits per heavy atom. The van der Waals surface area contributed by atoms with Crippen molar-refractivity contribution in [1.82, 2.24) is 0 Å². The third kappa shape index (κ3) is 0.804. The van der Waals surface area contributed by atoms with Gasteiger partial charge in [0.05, 0.1) is 6.54 Å². The van der Waals surface area contributed by atoms with E-state index >= 15 is 0 Å². The smallest absolute Gasteiger partial charge is 0.179 e. The first kappa shape index (κ1) is 5.15. The number of Topliss-reactive ketones (excluding diaryl/α,β-unsaturated/α-hetero) is 1. The first-order chi connectivity index (χ1) is 3.80. The Balaban J connectivity index is 2.72. The molecular formula is C5H6N2O. The third-order valence-electron chi connectivity index (χ3n) is 0.905. The van der Waals surface area contributed by atoms with E-state index in [1.807, 2.05) is 0 Å². The Labute approximate surface area is 47.1 Å². The van der Waals surface area contributed by atoms with Crippen LogP contribution in [0.25, 0.3) is 0 Å². The van der Waals surface area contributed by atoms with Crippen LogP contribution in [0.4, 0.5) is 0 Å². The monoisotopic (exact) mass is 110 g/mol. The van der Waals surface area contributed by atoms with Gasteiger partial charge in [0.25, 0.3) is 0 Å². The molecule has 0 saturated carbocycles. The summed E-state index contributed by atoms with van der Waals surface area (Å²) in [5.41, 5.74) is 0.491. The molecule has 0 atom stereocenters. The molecule has 8 heavy (non-hydrogen) atoms. The number of rotatable bonds is 1. The van der Waals surface area contributed by atoms with Crippen LogP contribution in [0.2, 0.25) is 0 Å². The van der Waals surface area contributed by atoms with Gasteiger partial charge in [0, 0.05) is 6.92 Å². The van der Waals surface area contributed by atoms with Crippen LogP contribution in [-0.4, -0.2) is 12.3 Å². The Hall–Kier alpha value is -0.990. The molecule has 0 amide bonds. The molecule has 0 fully saturated rings. The molecule has 1 rings (SSSR count). The maximum Gasteiger partial charge on any atom is 0.179 e. The van der Waals surface area contributed by atoms with E-state index in [0.717, 1.165) is 0 Å². The number of allylic oxidation sites excluding steroid dienone is 1. The van der Waals surface area contributed by atoms with Gasteiger partial charge in [-0.25, -0.2) is 0 Å². The number of azo groups is 1. The molecule has 0 aromatic carbocycles. The van der Waals surface area contributed by atoms with Crippen LogP contribution < -0.4 is 0 Å². The highest BCUT2D eigenvalue weighted by molar-refractivity contribution is 5.92. The zero-order valence-corrected chi connectivity index (χ0v) is 4.59. The highest BCUT2D eigenvalue weighted by Gasteiger charge is 2.03. The predicted octanol–water partition coefficient (Wildman–Crippen LogP) is 0.925. The van der Waals surface area contributed by atoms with Crippen LogP contribution in [-0.2, 0) is 4.79 Å². The molecule has 0 bridgehead atoms. The lowest BCUT2D eigenvalue weighted by atomic mass is 10.3. The lowest BCUT2D eigenvalue weighted by Crippen LogP contribution is -1.88. The number of carbonyl (C=O) groups excluding carboxylic acids is 1. The molecule has 1 heterocycles. The number of hydrogen-bond acceptors (Lipinski definition) is 3. The van der Waals surface area contributed by atoms with E-state index in [4.69, 9.17) is 0 Å². The Kier molecular flexibility index (Phi) is 1.20. The van der Waals surface area contributed by atoms with Crippen LogP contribution in [0.5, 0.6) is 0 Å². The standard InChI is InChI=1S/C5H6N2O/c1-4(8)5-2-3-6-7-5/h2H,3H2,1H3. The molecule has 3 nitrogen and oxygen atoms in total. The number of nitrogens with zero attached hydrogens (tertiary/aromatic N) is 2. The van der Waals surface area contributed by atoms with E-state index in [1.54, 1.807) is 6.08 Å². The summed E-state index contributed by atoms with van der Waals surface area (Å²) in [6.07, 6.45) is 1.71. The lowest BCUT2D eigenvalue weighted by molar-refractivity contribution is -0.113. The average Bonchev–Trinajstić information content (AvgIpc) is 2.12. The molecule has 0 aliphatic carbocycles. The molecule has 0 N–H and O–H groups in total. The highest BCUT2D eigenvalue weighted by atomic mass is 16.1. The Bertz CT molecular complexity index is 169. The zero-order chi connectivity index (χ0) is 5.98. The summed E-state index contributed by atoms with van der Waals surface area (Å²) in [5, 5.41) is 7.17. The first-order valence-corrected chi connectivity index (χ1v) is 2.39. The molecule has 42 valence electrons. The second-order valence-electron chi connectivity index (χ2n) is 1.57. The summed E-state index contributed by atoms with van der Waals surface area (Å²) < 4.78 is 0. The van der Waals surface area contributed by atoms with Crippen molar-refractivity contribution in [1.29, 1.82) is 0 Å². The van der Waals surface area contributed by atoms with Gasteiger partial charge in [-0.15, -0.1) is 0 Å².